The van der Waals surface area contributed by atoms with Crippen LogP contribution in [0.2, 0.25) is 0 Å². The lowest BCUT2D eigenvalue weighted by atomic mass is 10.0. The maximum absolute atomic E-state index is 12.8. The van der Waals surface area contributed by atoms with Gasteiger partial charge in [-0.25, -0.2) is 4.98 Å². The second kappa shape index (κ2) is 7.99. The van der Waals surface area contributed by atoms with Crippen molar-refractivity contribution in [1.29, 1.82) is 5.26 Å². The van der Waals surface area contributed by atoms with Gasteiger partial charge in [0.15, 0.2) is 5.79 Å². The van der Waals surface area contributed by atoms with Crippen molar-refractivity contribution in [2.45, 2.75) is 18.6 Å². The Morgan fingerprint density at radius 3 is 2.34 bits per heavy atom. The zero-order valence-corrected chi connectivity index (χ0v) is 15.8. The summed E-state index contributed by atoms with van der Waals surface area (Å²) in [5.74, 6) is -1.19. The Morgan fingerprint density at radius 1 is 1.03 bits per heavy atom. The minimum Gasteiger partial charge on any atom is -0.347 e. The first-order valence-corrected chi connectivity index (χ1v) is 9.44. The van der Waals surface area contributed by atoms with Crippen LogP contribution in [-0.2, 0) is 9.47 Å². The molecule has 2 aliphatic heterocycles. The predicted octanol–water partition coefficient (Wildman–Crippen LogP) is 2.18. The number of hydrogen-bond donors (Lipinski definition) is 1. The number of anilines is 1. The van der Waals surface area contributed by atoms with E-state index < -0.39 is 11.7 Å². The molecule has 2 fully saturated rings. The third-order valence-corrected chi connectivity index (χ3v) is 5.10. The van der Waals surface area contributed by atoms with E-state index in [1.807, 2.05) is 6.07 Å². The first-order valence-electron chi connectivity index (χ1n) is 9.44. The molecule has 2 amide bonds. The highest BCUT2D eigenvalue weighted by molar-refractivity contribution is 6.03. The van der Waals surface area contributed by atoms with E-state index in [1.54, 1.807) is 47.4 Å². The van der Waals surface area contributed by atoms with Crippen LogP contribution in [0.4, 0.5) is 5.69 Å². The van der Waals surface area contributed by atoms with E-state index >= 15 is 0 Å². The number of carbonyl (C=O) groups excluding carboxylic acids is 2. The number of ether oxygens (including phenoxy) is 2. The van der Waals surface area contributed by atoms with Crippen molar-refractivity contribution in [1.82, 2.24) is 9.88 Å². The smallest absolute Gasteiger partial charge is 0.274 e. The van der Waals surface area contributed by atoms with Crippen LogP contribution in [0.1, 0.15) is 39.4 Å². The summed E-state index contributed by atoms with van der Waals surface area (Å²) in [6.45, 7) is 2.21. The van der Waals surface area contributed by atoms with Crippen molar-refractivity contribution in [3.8, 4) is 6.07 Å². The number of nitrogens with one attached hydrogen (secondary N) is 1. The Hall–Kier alpha value is -3.28. The second-order valence-corrected chi connectivity index (χ2v) is 6.95. The normalized spacial score (nSPS) is 17.7. The Kier molecular flexibility index (Phi) is 5.25. The number of rotatable bonds is 3. The summed E-state index contributed by atoms with van der Waals surface area (Å²) in [5, 5.41) is 11.6. The summed E-state index contributed by atoms with van der Waals surface area (Å²) in [6.07, 6.45) is 1.25. The van der Waals surface area contributed by atoms with Crippen LogP contribution < -0.4 is 5.32 Å². The number of likely N-dealkylation sites (tertiary alicyclic amines) is 1. The molecule has 1 aromatic carbocycles. The number of piperidine rings is 1. The van der Waals surface area contributed by atoms with Crippen molar-refractivity contribution in [3.05, 3.63) is 59.4 Å². The number of amides is 2. The third kappa shape index (κ3) is 4.11. The molecule has 8 nitrogen and oxygen atoms in total. The first kappa shape index (κ1) is 19.1. The van der Waals surface area contributed by atoms with Crippen LogP contribution in [0.25, 0.3) is 0 Å². The Balaban J connectivity index is 1.41. The van der Waals surface area contributed by atoms with E-state index in [1.165, 1.54) is 0 Å². The molecular weight excluding hydrogens is 372 g/mol. The van der Waals surface area contributed by atoms with Gasteiger partial charge < -0.3 is 19.7 Å². The second-order valence-electron chi connectivity index (χ2n) is 6.95. The molecule has 2 aliphatic rings. The van der Waals surface area contributed by atoms with Gasteiger partial charge in [-0.2, -0.15) is 5.26 Å². The summed E-state index contributed by atoms with van der Waals surface area (Å²) in [4.78, 5) is 31.3. The molecule has 148 valence electrons. The standard InChI is InChI=1S/C21H20N4O4/c22-14-15-4-6-16(7-5-15)23-19(26)17-2-1-3-18(24-17)20(27)25-10-8-21(9-11-25)28-12-13-29-21/h1-7H,8-13H2,(H,23,26). The van der Waals surface area contributed by atoms with E-state index in [2.05, 4.69) is 10.3 Å². The van der Waals surface area contributed by atoms with Gasteiger partial charge in [0.05, 0.1) is 24.8 Å². The fourth-order valence-corrected chi connectivity index (χ4v) is 3.50. The van der Waals surface area contributed by atoms with Crippen LogP contribution in [0.15, 0.2) is 42.5 Å². The van der Waals surface area contributed by atoms with E-state index in [4.69, 9.17) is 14.7 Å². The van der Waals surface area contributed by atoms with Crippen molar-refractivity contribution in [2.24, 2.45) is 0 Å². The number of nitrogens with zero attached hydrogens (tertiary/aromatic N) is 3. The Labute approximate surface area is 168 Å². The molecule has 1 spiro atoms. The van der Waals surface area contributed by atoms with Crippen LogP contribution in [0.3, 0.4) is 0 Å². The van der Waals surface area contributed by atoms with Gasteiger partial charge in [0.2, 0.25) is 0 Å². The maximum atomic E-state index is 12.8. The summed E-state index contributed by atoms with van der Waals surface area (Å²) >= 11 is 0. The van der Waals surface area contributed by atoms with Crippen LogP contribution in [0.5, 0.6) is 0 Å². The highest BCUT2D eigenvalue weighted by Crippen LogP contribution is 2.31. The highest BCUT2D eigenvalue weighted by atomic mass is 16.7. The molecule has 0 saturated carbocycles. The average Bonchev–Trinajstić information content (AvgIpc) is 3.22. The largest absolute Gasteiger partial charge is 0.347 e. The van der Waals surface area contributed by atoms with Gasteiger partial charge in [-0.15, -0.1) is 0 Å². The number of pyridine rings is 1. The van der Waals surface area contributed by atoms with Crippen LogP contribution in [0, 0.1) is 11.3 Å². The minimum absolute atomic E-state index is 0.149. The molecular formula is C21H20N4O4. The quantitative estimate of drug-likeness (QED) is 0.859. The lowest BCUT2D eigenvalue weighted by Crippen LogP contribution is -2.47. The molecule has 0 bridgehead atoms. The summed E-state index contributed by atoms with van der Waals surface area (Å²) in [6, 6.07) is 13.3. The van der Waals surface area contributed by atoms with Crippen LogP contribution in [-0.4, -0.2) is 53.8 Å². The van der Waals surface area contributed by atoms with Gasteiger partial charge >= 0.3 is 0 Å². The summed E-state index contributed by atoms with van der Waals surface area (Å²) in [5.41, 5.74) is 1.42. The number of nitriles is 1. The predicted molar refractivity (Wildman–Crippen MR) is 103 cm³/mol. The lowest BCUT2D eigenvalue weighted by Gasteiger charge is -2.37. The molecule has 0 radical (unpaired) electrons. The molecule has 1 aromatic heterocycles. The average molecular weight is 392 g/mol. The van der Waals surface area contributed by atoms with Gasteiger partial charge in [0, 0.05) is 31.6 Å². The zero-order valence-electron chi connectivity index (χ0n) is 15.8. The molecule has 29 heavy (non-hydrogen) atoms. The SMILES string of the molecule is N#Cc1ccc(NC(=O)c2cccc(C(=O)N3CCC4(CC3)OCCO4)n2)cc1. The van der Waals surface area contributed by atoms with E-state index in [0.717, 1.165) is 0 Å². The van der Waals surface area contributed by atoms with E-state index in [0.29, 0.717) is 50.4 Å². The van der Waals surface area contributed by atoms with Crippen LogP contribution >= 0.6 is 0 Å². The number of carbonyl (C=O) groups is 2. The van der Waals surface area contributed by atoms with Crippen molar-refractivity contribution >= 4 is 17.5 Å². The summed E-state index contributed by atoms with van der Waals surface area (Å²) < 4.78 is 11.4. The van der Waals surface area contributed by atoms with Crippen molar-refractivity contribution in [3.63, 3.8) is 0 Å². The van der Waals surface area contributed by atoms with Crippen molar-refractivity contribution in [2.75, 3.05) is 31.6 Å². The molecule has 1 N–H and O–H groups in total. The van der Waals surface area contributed by atoms with Gasteiger partial charge in [0.25, 0.3) is 11.8 Å². The topological polar surface area (TPSA) is 105 Å². The monoisotopic (exact) mass is 392 g/mol. The first-order chi connectivity index (χ1) is 14.1. The summed E-state index contributed by atoms with van der Waals surface area (Å²) in [7, 11) is 0. The van der Waals surface area contributed by atoms with Gasteiger partial charge in [0.1, 0.15) is 11.4 Å². The third-order valence-electron chi connectivity index (χ3n) is 5.10. The van der Waals surface area contributed by atoms with E-state index in [-0.39, 0.29) is 17.3 Å². The highest BCUT2D eigenvalue weighted by Gasteiger charge is 2.41. The molecule has 2 aromatic rings. The number of hydrogen-bond acceptors (Lipinski definition) is 6. The van der Waals surface area contributed by atoms with Crippen molar-refractivity contribution < 1.29 is 19.1 Å². The molecule has 4 rings (SSSR count). The number of benzene rings is 1. The fourth-order valence-electron chi connectivity index (χ4n) is 3.50. The molecule has 0 unspecified atom stereocenters. The van der Waals surface area contributed by atoms with Gasteiger partial charge in [-0.3, -0.25) is 9.59 Å². The molecule has 3 heterocycles. The lowest BCUT2D eigenvalue weighted by molar-refractivity contribution is -0.181. The molecule has 8 heteroatoms. The van der Waals surface area contributed by atoms with Gasteiger partial charge in [-0.05, 0) is 36.4 Å². The van der Waals surface area contributed by atoms with E-state index in [9.17, 15) is 9.59 Å². The van der Waals surface area contributed by atoms with Gasteiger partial charge in [-0.1, -0.05) is 6.07 Å². The molecule has 0 atom stereocenters. The minimum atomic E-state index is -0.549. The fraction of sp³-hybridized carbons (Fsp3) is 0.333. The molecule has 2 saturated heterocycles. The molecule has 0 aliphatic carbocycles. The number of aromatic nitrogens is 1. The maximum Gasteiger partial charge on any atom is 0.274 e. The Bertz CT molecular complexity index is 951. The Morgan fingerprint density at radius 2 is 1.69 bits per heavy atom. The zero-order chi connectivity index (χ0) is 20.3.